The molecule has 1 aliphatic heterocycles. The number of urea groups is 1. The Morgan fingerprint density at radius 1 is 1.27 bits per heavy atom. The van der Waals surface area contributed by atoms with Gasteiger partial charge in [-0.2, -0.15) is 4.98 Å². The third-order valence-electron chi connectivity index (χ3n) is 4.59. The number of rotatable bonds is 3. The van der Waals surface area contributed by atoms with Gasteiger partial charge in [-0.05, 0) is 26.0 Å². The van der Waals surface area contributed by atoms with Crippen molar-refractivity contribution in [2.75, 3.05) is 31.1 Å². The van der Waals surface area contributed by atoms with Gasteiger partial charge >= 0.3 is 6.03 Å². The zero-order valence-corrected chi connectivity index (χ0v) is 14.9. The van der Waals surface area contributed by atoms with Crippen molar-refractivity contribution in [3.63, 3.8) is 0 Å². The second-order valence-electron chi connectivity index (χ2n) is 6.56. The number of hydrogen-bond donors (Lipinski definition) is 2. The molecule has 0 radical (unpaired) electrons. The molecule has 0 unspecified atom stereocenters. The summed E-state index contributed by atoms with van der Waals surface area (Å²) < 4.78 is 5.81. The van der Waals surface area contributed by atoms with Crippen molar-refractivity contribution in [1.82, 2.24) is 25.2 Å². The molecule has 2 N–H and O–H groups in total. The number of H-pyrrole nitrogens is 1. The second-order valence-corrected chi connectivity index (χ2v) is 6.56. The van der Waals surface area contributed by atoms with E-state index in [1.165, 1.54) is 0 Å². The van der Waals surface area contributed by atoms with Gasteiger partial charge in [0.1, 0.15) is 11.3 Å². The molecule has 1 saturated heterocycles. The number of hydrogen-bond acceptors (Lipinski definition) is 5. The number of aromatic amines is 1. The number of carbonyl (C=O) groups excluding carboxylic acids is 1. The van der Waals surface area contributed by atoms with Gasteiger partial charge in [-0.3, -0.25) is 0 Å². The first-order chi connectivity index (χ1) is 12.6. The zero-order chi connectivity index (χ0) is 18.1. The fourth-order valence-electron chi connectivity index (χ4n) is 3.09. The Morgan fingerprint density at radius 3 is 2.73 bits per heavy atom. The molecule has 4 rings (SSSR count). The fourth-order valence-corrected chi connectivity index (χ4v) is 3.09. The summed E-state index contributed by atoms with van der Waals surface area (Å²) in [5, 5.41) is 2.99. The standard InChI is InChI=1S/C18H22N6O2/c1-12-11-19-16(20-12)13(2)21-17(25)23-7-9-24(10-8-23)18-22-14-5-3-4-6-15(14)26-18/h3-6,11,13H,7-10H2,1-2H3,(H,19,20)(H,21,25)/t13-/m0/s1. The number of nitrogens with one attached hydrogen (secondary N) is 2. The molecule has 1 fully saturated rings. The van der Waals surface area contributed by atoms with Crippen LogP contribution in [0.1, 0.15) is 24.5 Å². The Kier molecular flexibility index (Phi) is 4.24. The average Bonchev–Trinajstić information content (AvgIpc) is 3.28. The number of amides is 2. The Balaban J connectivity index is 1.34. The molecule has 26 heavy (non-hydrogen) atoms. The van der Waals surface area contributed by atoms with Crippen molar-refractivity contribution >= 4 is 23.1 Å². The van der Waals surface area contributed by atoms with Crippen LogP contribution < -0.4 is 10.2 Å². The molecule has 2 aromatic heterocycles. The summed E-state index contributed by atoms with van der Waals surface area (Å²) in [5.41, 5.74) is 2.61. The van der Waals surface area contributed by atoms with Crippen LogP contribution in [0.4, 0.5) is 10.8 Å². The SMILES string of the molecule is Cc1cnc([C@H](C)NC(=O)N2CCN(c3nc4ccccc4o3)CC2)[nH]1. The lowest BCUT2D eigenvalue weighted by Gasteiger charge is -2.34. The number of carbonyl (C=O) groups is 1. The highest BCUT2D eigenvalue weighted by molar-refractivity contribution is 5.75. The highest BCUT2D eigenvalue weighted by atomic mass is 16.4. The lowest BCUT2D eigenvalue weighted by Crippen LogP contribution is -2.52. The molecular weight excluding hydrogens is 332 g/mol. The smallest absolute Gasteiger partial charge is 0.318 e. The fraction of sp³-hybridized carbons (Fsp3) is 0.389. The highest BCUT2D eigenvalue weighted by Gasteiger charge is 2.25. The van der Waals surface area contributed by atoms with Crippen molar-refractivity contribution < 1.29 is 9.21 Å². The van der Waals surface area contributed by atoms with Crippen LogP contribution >= 0.6 is 0 Å². The van der Waals surface area contributed by atoms with Gasteiger partial charge in [0.25, 0.3) is 6.01 Å². The Labute approximate surface area is 151 Å². The maximum absolute atomic E-state index is 12.5. The van der Waals surface area contributed by atoms with Gasteiger partial charge in [-0.1, -0.05) is 12.1 Å². The molecule has 0 spiro atoms. The van der Waals surface area contributed by atoms with Gasteiger partial charge in [-0.15, -0.1) is 0 Å². The van der Waals surface area contributed by atoms with E-state index in [4.69, 9.17) is 4.42 Å². The average molecular weight is 354 g/mol. The summed E-state index contributed by atoms with van der Waals surface area (Å²) in [6.45, 7) is 6.48. The predicted molar refractivity (Wildman–Crippen MR) is 98.1 cm³/mol. The van der Waals surface area contributed by atoms with Crippen LogP contribution in [0.2, 0.25) is 0 Å². The number of fused-ring (bicyclic) bond motifs is 1. The predicted octanol–water partition coefficient (Wildman–Crippen LogP) is 2.45. The van der Waals surface area contributed by atoms with E-state index >= 15 is 0 Å². The van der Waals surface area contributed by atoms with Crippen LogP contribution in [0.15, 0.2) is 34.9 Å². The molecule has 8 nitrogen and oxygen atoms in total. The summed E-state index contributed by atoms with van der Waals surface area (Å²) in [6, 6.07) is 8.09. The van der Waals surface area contributed by atoms with Crippen LogP contribution in [0.3, 0.4) is 0 Å². The number of aromatic nitrogens is 3. The molecule has 1 aromatic carbocycles. The minimum Gasteiger partial charge on any atom is -0.423 e. The van der Waals surface area contributed by atoms with Gasteiger partial charge in [-0.25, -0.2) is 9.78 Å². The van der Waals surface area contributed by atoms with Crippen LogP contribution in [0, 0.1) is 6.92 Å². The van der Waals surface area contributed by atoms with E-state index in [2.05, 4.69) is 25.2 Å². The second kappa shape index (κ2) is 6.70. The van der Waals surface area contributed by atoms with Crippen molar-refractivity contribution in [3.8, 4) is 0 Å². The Morgan fingerprint density at radius 2 is 2.04 bits per heavy atom. The lowest BCUT2D eigenvalue weighted by molar-refractivity contribution is 0.190. The van der Waals surface area contributed by atoms with Gasteiger partial charge in [0.05, 0.1) is 6.04 Å². The van der Waals surface area contributed by atoms with Crippen molar-refractivity contribution in [2.45, 2.75) is 19.9 Å². The van der Waals surface area contributed by atoms with Gasteiger partial charge in [0.15, 0.2) is 5.58 Å². The first-order valence-electron chi connectivity index (χ1n) is 8.77. The highest BCUT2D eigenvalue weighted by Crippen LogP contribution is 2.22. The molecule has 0 saturated carbocycles. The van der Waals surface area contributed by atoms with Crippen molar-refractivity contribution in [1.29, 1.82) is 0 Å². The molecule has 1 aliphatic rings. The van der Waals surface area contributed by atoms with Gasteiger partial charge in [0.2, 0.25) is 0 Å². The summed E-state index contributed by atoms with van der Waals surface area (Å²) >= 11 is 0. The summed E-state index contributed by atoms with van der Waals surface area (Å²) in [6.07, 6.45) is 1.76. The molecule has 2 amide bonds. The molecule has 136 valence electrons. The maximum atomic E-state index is 12.5. The third kappa shape index (κ3) is 3.22. The van der Waals surface area contributed by atoms with Gasteiger partial charge < -0.3 is 24.5 Å². The van der Waals surface area contributed by atoms with Crippen molar-refractivity contribution in [3.05, 3.63) is 42.0 Å². The minimum atomic E-state index is -0.161. The van der Waals surface area contributed by atoms with Crippen LogP contribution in [0.5, 0.6) is 0 Å². The third-order valence-corrected chi connectivity index (χ3v) is 4.59. The number of oxazole rings is 1. The molecule has 0 bridgehead atoms. The van der Waals surface area contributed by atoms with E-state index in [1.54, 1.807) is 6.20 Å². The molecule has 1 atom stereocenters. The lowest BCUT2D eigenvalue weighted by atomic mass is 10.3. The van der Waals surface area contributed by atoms with Crippen LogP contribution in [-0.2, 0) is 0 Å². The van der Waals surface area contributed by atoms with E-state index in [9.17, 15) is 4.79 Å². The summed E-state index contributed by atoms with van der Waals surface area (Å²) in [5.74, 6) is 0.765. The monoisotopic (exact) mass is 354 g/mol. The molecule has 3 aromatic rings. The topological polar surface area (TPSA) is 90.3 Å². The van der Waals surface area contributed by atoms with Crippen LogP contribution in [0.25, 0.3) is 11.1 Å². The Bertz CT molecular complexity index is 876. The number of piperazine rings is 1. The van der Waals surface area contributed by atoms with E-state index in [0.717, 1.165) is 22.6 Å². The summed E-state index contributed by atoms with van der Waals surface area (Å²) in [7, 11) is 0. The first kappa shape index (κ1) is 16.4. The first-order valence-corrected chi connectivity index (χ1v) is 8.77. The number of aryl methyl sites for hydroxylation is 1. The zero-order valence-electron chi connectivity index (χ0n) is 14.9. The molecule has 3 heterocycles. The maximum Gasteiger partial charge on any atom is 0.318 e. The van der Waals surface area contributed by atoms with E-state index in [-0.39, 0.29) is 12.1 Å². The molecular formula is C18H22N6O2. The minimum absolute atomic E-state index is 0.0798. The van der Waals surface area contributed by atoms with E-state index < -0.39 is 0 Å². The number of nitrogens with zero attached hydrogens (tertiary/aromatic N) is 4. The number of imidazole rings is 1. The number of anilines is 1. The molecule has 0 aliphatic carbocycles. The number of para-hydroxylation sites is 2. The summed E-state index contributed by atoms with van der Waals surface area (Å²) in [4.78, 5) is 28.3. The number of benzene rings is 1. The Hall–Kier alpha value is -3.03. The normalized spacial score (nSPS) is 16.1. The van der Waals surface area contributed by atoms with Crippen molar-refractivity contribution in [2.24, 2.45) is 0 Å². The molecule has 8 heteroatoms. The van der Waals surface area contributed by atoms with Gasteiger partial charge in [0, 0.05) is 38.1 Å². The van der Waals surface area contributed by atoms with Crippen LogP contribution in [-0.4, -0.2) is 52.1 Å². The quantitative estimate of drug-likeness (QED) is 0.754. The largest absolute Gasteiger partial charge is 0.423 e. The van der Waals surface area contributed by atoms with E-state index in [1.807, 2.05) is 43.0 Å². The van der Waals surface area contributed by atoms with E-state index in [0.29, 0.717) is 32.2 Å².